The topological polar surface area (TPSA) is 78.4 Å². The fraction of sp³-hybridized carbons (Fsp3) is 0.143. The van der Waals surface area contributed by atoms with Crippen LogP contribution in [0.15, 0.2) is 48.5 Å². The van der Waals surface area contributed by atoms with E-state index in [2.05, 4.69) is 0 Å². The molecule has 0 aliphatic carbocycles. The van der Waals surface area contributed by atoms with Gasteiger partial charge in [0.2, 0.25) is 0 Å². The minimum Gasteiger partial charge on any atom is -0.489 e. The Morgan fingerprint density at radius 3 is 2.53 bits per heavy atom. The number of hydrogen-bond donors (Lipinski definition) is 1. The van der Waals surface area contributed by atoms with Gasteiger partial charge in [-0.3, -0.25) is 10.1 Å². The highest BCUT2D eigenvalue weighted by molar-refractivity contribution is 5.45. The maximum absolute atomic E-state index is 10.8. The molecule has 2 N–H and O–H groups in total. The van der Waals surface area contributed by atoms with Crippen LogP contribution in [0.2, 0.25) is 0 Å². The summed E-state index contributed by atoms with van der Waals surface area (Å²) in [5.41, 5.74) is 7.03. The minimum absolute atomic E-state index is 0.0227. The Balaban J connectivity index is 2.11. The molecule has 0 saturated heterocycles. The van der Waals surface area contributed by atoms with E-state index in [-0.39, 0.29) is 12.2 Å². The van der Waals surface area contributed by atoms with E-state index in [4.69, 9.17) is 10.5 Å². The van der Waals surface area contributed by atoms with Crippen LogP contribution >= 0.6 is 0 Å². The molecule has 2 aromatic carbocycles. The van der Waals surface area contributed by atoms with Crippen molar-refractivity contribution in [3.05, 3.63) is 69.8 Å². The SMILES string of the molecule is NCc1cc(OCc2ccccc2)ccc1[N+](=O)[O-]. The number of nitrogens with zero attached hydrogens (tertiary/aromatic N) is 1. The molecule has 5 heteroatoms. The van der Waals surface area contributed by atoms with Crippen molar-refractivity contribution in [2.45, 2.75) is 13.2 Å². The van der Waals surface area contributed by atoms with Crippen molar-refractivity contribution in [1.82, 2.24) is 0 Å². The smallest absolute Gasteiger partial charge is 0.274 e. The van der Waals surface area contributed by atoms with E-state index in [0.29, 0.717) is 17.9 Å². The maximum atomic E-state index is 10.8. The molecule has 0 unspecified atom stereocenters. The second-order valence-electron chi connectivity index (χ2n) is 4.03. The highest BCUT2D eigenvalue weighted by Gasteiger charge is 2.13. The van der Waals surface area contributed by atoms with Gasteiger partial charge in [0.05, 0.1) is 4.92 Å². The van der Waals surface area contributed by atoms with Gasteiger partial charge in [0.15, 0.2) is 0 Å². The van der Waals surface area contributed by atoms with Gasteiger partial charge in [0.25, 0.3) is 5.69 Å². The highest BCUT2D eigenvalue weighted by Crippen LogP contribution is 2.24. The molecule has 98 valence electrons. The van der Waals surface area contributed by atoms with Crippen LogP contribution < -0.4 is 10.5 Å². The van der Waals surface area contributed by atoms with Gasteiger partial charge < -0.3 is 10.5 Å². The zero-order chi connectivity index (χ0) is 13.7. The van der Waals surface area contributed by atoms with E-state index < -0.39 is 4.92 Å². The number of nitro groups is 1. The van der Waals surface area contributed by atoms with Gasteiger partial charge >= 0.3 is 0 Å². The van der Waals surface area contributed by atoms with E-state index in [1.54, 1.807) is 12.1 Å². The Kier molecular flexibility index (Phi) is 4.10. The van der Waals surface area contributed by atoms with Crippen LogP contribution in [0.1, 0.15) is 11.1 Å². The molecule has 0 amide bonds. The van der Waals surface area contributed by atoms with Crippen molar-refractivity contribution in [1.29, 1.82) is 0 Å². The number of hydrogen-bond acceptors (Lipinski definition) is 4. The van der Waals surface area contributed by atoms with Gasteiger partial charge in [-0.25, -0.2) is 0 Å². The summed E-state index contributed by atoms with van der Waals surface area (Å²) < 4.78 is 5.59. The van der Waals surface area contributed by atoms with Gasteiger partial charge in [-0.2, -0.15) is 0 Å². The molecule has 5 nitrogen and oxygen atoms in total. The van der Waals surface area contributed by atoms with E-state index in [1.807, 2.05) is 30.3 Å². The number of benzene rings is 2. The molecule has 0 heterocycles. The number of rotatable bonds is 5. The van der Waals surface area contributed by atoms with Gasteiger partial charge in [0, 0.05) is 18.2 Å². The standard InChI is InChI=1S/C14H14N2O3/c15-9-12-8-13(6-7-14(12)16(17)18)19-10-11-4-2-1-3-5-11/h1-8H,9-10,15H2. The summed E-state index contributed by atoms with van der Waals surface area (Å²) in [6.07, 6.45) is 0. The average molecular weight is 258 g/mol. The summed E-state index contributed by atoms with van der Waals surface area (Å²) in [6.45, 7) is 0.529. The van der Waals surface area contributed by atoms with Crippen LogP contribution in [-0.4, -0.2) is 4.92 Å². The molecular weight excluding hydrogens is 244 g/mol. The van der Waals surface area contributed by atoms with E-state index in [1.165, 1.54) is 6.07 Å². The Bertz CT molecular complexity index is 570. The Hall–Kier alpha value is -2.40. The molecule has 0 saturated carbocycles. The number of ether oxygens (including phenoxy) is 1. The molecule has 2 rings (SSSR count). The Morgan fingerprint density at radius 2 is 1.89 bits per heavy atom. The average Bonchev–Trinajstić information content (AvgIpc) is 2.45. The highest BCUT2D eigenvalue weighted by atomic mass is 16.6. The van der Waals surface area contributed by atoms with Gasteiger partial charge in [0.1, 0.15) is 12.4 Å². The molecule has 0 bridgehead atoms. The summed E-state index contributed by atoms with van der Waals surface area (Å²) >= 11 is 0. The lowest BCUT2D eigenvalue weighted by Gasteiger charge is -2.08. The first kappa shape index (κ1) is 13.0. The molecule has 19 heavy (non-hydrogen) atoms. The summed E-state index contributed by atoms with van der Waals surface area (Å²) in [7, 11) is 0. The molecule has 2 aromatic rings. The van der Waals surface area contributed by atoms with Gasteiger partial charge in [-0.15, -0.1) is 0 Å². The molecular formula is C14H14N2O3. The van der Waals surface area contributed by atoms with Crippen LogP contribution in [0.3, 0.4) is 0 Å². The summed E-state index contributed by atoms with van der Waals surface area (Å²) in [5, 5.41) is 10.8. The second-order valence-corrected chi connectivity index (χ2v) is 4.03. The second kappa shape index (κ2) is 5.97. The van der Waals surface area contributed by atoms with Crippen molar-refractivity contribution in [2.24, 2.45) is 5.73 Å². The van der Waals surface area contributed by atoms with Gasteiger partial charge in [-0.1, -0.05) is 30.3 Å². The zero-order valence-corrected chi connectivity index (χ0v) is 10.3. The van der Waals surface area contributed by atoms with Crippen LogP contribution in [0.5, 0.6) is 5.75 Å². The zero-order valence-electron chi connectivity index (χ0n) is 10.3. The molecule has 0 aliphatic rings. The quantitative estimate of drug-likeness (QED) is 0.660. The first-order valence-corrected chi connectivity index (χ1v) is 5.85. The lowest BCUT2D eigenvalue weighted by atomic mass is 10.1. The van der Waals surface area contributed by atoms with Crippen molar-refractivity contribution in [3.63, 3.8) is 0 Å². The Labute approximate surface area is 110 Å². The van der Waals surface area contributed by atoms with Gasteiger partial charge in [-0.05, 0) is 17.7 Å². The third-order valence-electron chi connectivity index (χ3n) is 2.72. The van der Waals surface area contributed by atoms with Crippen molar-refractivity contribution in [3.8, 4) is 5.75 Å². The van der Waals surface area contributed by atoms with Crippen LogP contribution in [0.4, 0.5) is 5.69 Å². The largest absolute Gasteiger partial charge is 0.489 e. The van der Waals surface area contributed by atoms with E-state index in [9.17, 15) is 10.1 Å². The number of nitrogens with two attached hydrogens (primary N) is 1. The predicted molar refractivity (Wildman–Crippen MR) is 71.8 cm³/mol. The van der Waals surface area contributed by atoms with Crippen LogP contribution in [0, 0.1) is 10.1 Å². The van der Waals surface area contributed by atoms with Crippen molar-refractivity contribution >= 4 is 5.69 Å². The third kappa shape index (κ3) is 3.29. The lowest BCUT2D eigenvalue weighted by molar-refractivity contribution is -0.385. The molecule has 0 atom stereocenters. The maximum Gasteiger partial charge on any atom is 0.274 e. The molecule has 0 aromatic heterocycles. The normalized spacial score (nSPS) is 10.2. The first-order chi connectivity index (χ1) is 9.20. The van der Waals surface area contributed by atoms with Crippen molar-refractivity contribution < 1.29 is 9.66 Å². The fourth-order valence-electron chi connectivity index (χ4n) is 1.73. The lowest BCUT2D eigenvalue weighted by Crippen LogP contribution is -2.03. The summed E-state index contributed by atoms with van der Waals surface area (Å²) in [4.78, 5) is 10.3. The monoisotopic (exact) mass is 258 g/mol. The molecule has 0 fully saturated rings. The molecule has 0 aliphatic heterocycles. The number of nitro benzene ring substituents is 1. The summed E-state index contributed by atoms with van der Waals surface area (Å²) in [5.74, 6) is 0.579. The first-order valence-electron chi connectivity index (χ1n) is 5.85. The summed E-state index contributed by atoms with van der Waals surface area (Å²) in [6, 6.07) is 14.3. The van der Waals surface area contributed by atoms with Crippen LogP contribution in [-0.2, 0) is 13.2 Å². The molecule has 0 radical (unpaired) electrons. The fourth-order valence-corrected chi connectivity index (χ4v) is 1.73. The molecule has 0 spiro atoms. The minimum atomic E-state index is -0.441. The van der Waals surface area contributed by atoms with E-state index in [0.717, 1.165) is 5.56 Å². The third-order valence-corrected chi connectivity index (χ3v) is 2.72. The van der Waals surface area contributed by atoms with Crippen molar-refractivity contribution in [2.75, 3.05) is 0 Å². The predicted octanol–water partition coefficient (Wildman–Crippen LogP) is 2.63. The van der Waals surface area contributed by atoms with Crippen LogP contribution in [0.25, 0.3) is 0 Å². The Morgan fingerprint density at radius 1 is 1.16 bits per heavy atom. The van der Waals surface area contributed by atoms with E-state index >= 15 is 0 Å².